The van der Waals surface area contributed by atoms with Gasteiger partial charge < -0.3 is 14.2 Å². The van der Waals surface area contributed by atoms with Crippen LogP contribution in [0.15, 0.2) is 109 Å². The van der Waals surface area contributed by atoms with Crippen molar-refractivity contribution in [3.8, 4) is 0 Å². The van der Waals surface area contributed by atoms with E-state index in [4.69, 9.17) is 14.2 Å². The van der Waals surface area contributed by atoms with E-state index in [-0.39, 0.29) is 31.1 Å². The van der Waals surface area contributed by atoms with Crippen LogP contribution >= 0.6 is 0 Å². The molecular weight excluding hydrogens is 937 g/mol. The molecule has 0 heterocycles. The predicted molar refractivity (Wildman–Crippen MR) is 330 cm³/mol. The molecule has 0 saturated carbocycles. The first-order valence-corrected chi connectivity index (χ1v) is 31.9. The highest BCUT2D eigenvalue weighted by Crippen LogP contribution is 2.16. The highest BCUT2D eigenvalue weighted by atomic mass is 16.6. The van der Waals surface area contributed by atoms with E-state index in [0.29, 0.717) is 19.3 Å². The zero-order valence-electron chi connectivity index (χ0n) is 49.7. The normalized spacial score (nSPS) is 12.8. The molecule has 76 heavy (non-hydrogen) atoms. The van der Waals surface area contributed by atoms with Crippen molar-refractivity contribution in [2.75, 3.05) is 13.2 Å². The van der Waals surface area contributed by atoms with E-state index >= 15 is 0 Å². The summed E-state index contributed by atoms with van der Waals surface area (Å²) in [6.45, 7) is 6.39. The standard InChI is InChI=1S/C70H118O6/c1-4-7-10-13-16-19-21-23-25-27-29-31-32-33-34-35-36-37-38-40-41-43-45-47-49-51-54-57-60-63-69(72)75-66-67(65-74-68(71)62-59-56-53-18-15-12-9-6-3)76-70(73)64-61-58-55-52-50-48-46-44-42-39-30-28-26-24-22-20-17-14-11-8-5-2/h7-8,10-11,16-17,19-20,23-26,29-31,39,44,46,67H,4-6,9,12-15,18,21-22,27-28,32-38,40-43,45,47-66H2,1-3H3/b10-7-,11-8-,19-16-,20-17-,25-23-,26-24-,31-29-,39-30-,46-44-. The van der Waals surface area contributed by atoms with Gasteiger partial charge in [0.1, 0.15) is 13.2 Å². The van der Waals surface area contributed by atoms with Crippen molar-refractivity contribution in [2.24, 2.45) is 0 Å². The third-order valence-corrected chi connectivity index (χ3v) is 13.5. The Hall–Kier alpha value is -3.93. The molecule has 1 atom stereocenters. The van der Waals surface area contributed by atoms with Gasteiger partial charge in [0, 0.05) is 19.3 Å². The van der Waals surface area contributed by atoms with Crippen LogP contribution in [0.1, 0.15) is 297 Å². The van der Waals surface area contributed by atoms with Gasteiger partial charge in [-0.3, -0.25) is 14.4 Å². The first-order chi connectivity index (χ1) is 37.5. The summed E-state index contributed by atoms with van der Waals surface area (Å²) in [5.41, 5.74) is 0. The van der Waals surface area contributed by atoms with Crippen molar-refractivity contribution in [1.82, 2.24) is 0 Å². The van der Waals surface area contributed by atoms with Crippen molar-refractivity contribution < 1.29 is 28.6 Å². The van der Waals surface area contributed by atoms with Gasteiger partial charge in [-0.25, -0.2) is 0 Å². The van der Waals surface area contributed by atoms with Crippen LogP contribution < -0.4 is 0 Å². The fourth-order valence-corrected chi connectivity index (χ4v) is 8.81. The Labute approximate surface area is 470 Å². The molecule has 0 aliphatic carbocycles. The molecule has 6 heteroatoms. The maximum atomic E-state index is 12.9. The first-order valence-electron chi connectivity index (χ1n) is 31.9. The molecule has 0 aliphatic rings. The number of hydrogen-bond acceptors (Lipinski definition) is 6. The minimum absolute atomic E-state index is 0.0840. The van der Waals surface area contributed by atoms with Gasteiger partial charge in [0.05, 0.1) is 0 Å². The number of allylic oxidation sites excluding steroid dienone is 18. The largest absolute Gasteiger partial charge is 0.462 e. The summed E-state index contributed by atoms with van der Waals surface area (Å²) in [7, 11) is 0. The van der Waals surface area contributed by atoms with Crippen LogP contribution in [-0.4, -0.2) is 37.2 Å². The van der Waals surface area contributed by atoms with Crippen LogP contribution in [0.5, 0.6) is 0 Å². The number of hydrogen-bond donors (Lipinski definition) is 0. The van der Waals surface area contributed by atoms with Crippen molar-refractivity contribution in [3.05, 3.63) is 109 Å². The summed E-state index contributed by atoms with van der Waals surface area (Å²) in [4.78, 5) is 38.1. The van der Waals surface area contributed by atoms with Crippen molar-refractivity contribution in [2.45, 2.75) is 303 Å². The summed E-state index contributed by atoms with van der Waals surface area (Å²) in [6.07, 6.45) is 86.9. The molecule has 0 aromatic heterocycles. The SMILES string of the molecule is CC/C=C\C/C=C\C/C=C\C/C=C\C/C=C\CCCCCCCC(=O)OC(COC(=O)CCCCCCCCCC)COC(=O)CCCCCCCCCCCCCCCCCC/C=C\C/C=C\C/C=C\C/C=C\CC. The molecule has 0 aromatic rings. The third-order valence-electron chi connectivity index (χ3n) is 13.5. The van der Waals surface area contributed by atoms with E-state index in [0.717, 1.165) is 135 Å². The van der Waals surface area contributed by atoms with Gasteiger partial charge in [-0.15, -0.1) is 0 Å². The molecule has 0 bridgehead atoms. The maximum absolute atomic E-state index is 12.9. The lowest BCUT2D eigenvalue weighted by Crippen LogP contribution is -2.30. The summed E-state index contributed by atoms with van der Waals surface area (Å²) in [5, 5.41) is 0. The highest BCUT2D eigenvalue weighted by Gasteiger charge is 2.19. The monoisotopic (exact) mass is 1050 g/mol. The van der Waals surface area contributed by atoms with Crippen LogP contribution in [0.2, 0.25) is 0 Å². The molecule has 1 unspecified atom stereocenters. The second-order valence-corrected chi connectivity index (χ2v) is 20.9. The minimum Gasteiger partial charge on any atom is -0.462 e. The minimum atomic E-state index is -0.787. The number of esters is 3. The fraction of sp³-hybridized carbons (Fsp3) is 0.700. The van der Waals surface area contributed by atoms with Gasteiger partial charge >= 0.3 is 17.9 Å². The third kappa shape index (κ3) is 60.9. The molecule has 0 fully saturated rings. The van der Waals surface area contributed by atoms with E-state index in [1.165, 1.54) is 122 Å². The molecule has 434 valence electrons. The maximum Gasteiger partial charge on any atom is 0.306 e. The van der Waals surface area contributed by atoms with E-state index in [1.54, 1.807) is 0 Å². The Balaban J connectivity index is 4.17. The summed E-state index contributed by atoms with van der Waals surface area (Å²) >= 11 is 0. The van der Waals surface area contributed by atoms with Gasteiger partial charge in [-0.05, 0) is 103 Å². The summed E-state index contributed by atoms with van der Waals surface area (Å²) in [6, 6.07) is 0. The van der Waals surface area contributed by atoms with Gasteiger partial charge in [0.25, 0.3) is 0 Å². The molecule has 0 rings (SSSR count). The predicted octanol–water partition coefficient (Wildman–Crippen LogP) is 21.8. The average Bonchev–Trinajstić information content (AvgIpc) is 3.42. The first kappa shape index (κ1) is 72.1. The lowest BCUT2D eigenvalue weighted by atomic mass is 10.0. The number of carbonyl (C=O) groups excluding carboxylic acids is 3. The lowest BCUT2D eigenvalue weighted by Gasteiger charge is -2.18. The second kappa shape index (κ2) is 63.6. The Morgan fingerprint density at radius 2 is 0.513 bits per heavy atom. The van der Waals surface area contributed by atoms with E-state index < -0.39 is 6.10 Å². The molecule has 0 spiro atoms. The molecule has 0 radical (unpaired) electrons. The zero-order valence-corrected chi connectivity index (χ0v) is 49.7. The van der Waals surface area contributed by atoms with Crippen LogP contribution in [0.25, 0.3) is 0 Å². The van der Waals surface area contributed by atoms with Crippen molar-refractivity contribution in [3.63, 3.8) is 0 Å². The molecule has 0 amide bonds. The van der Waals surface area contributed by atoms with Gasteiger partial charge in [0.15, 0.2) is 6.10 Å². The summed E-state index contributed by atoms with van der Waals surface area (Å²) in [5.74, 6) is -0.900. The number of unbranched alkanes of at least 4 members (excludes halogenated alkanes) is 28. The smallest absolute Gasteiger partial charge is 0.306 e. The van der Waals surface area contributed by atoms with E-state index in [2.05, 4.69) is 130 Å². The molecule has 6 nitrogen and oxygen atoms in total. The Morgan fingerprint density at radius 3 is 0.803 bits per heavy atom. The van der Waals surface area contributed by atoms with Gasteiger partial charge in [0.2, 0.25) is 0 Å². The molecule has 0 N–H and O–H groups in total. The van der Waals surface area contributed by atoms with Crippen LogP contribution in [-0.2, 0) is 28.6 Å². The number of carbonyl (C=O) groups is 3. The van der Waals surface area contributed by atoms with Crippen molar-refractivity contribution >= 4 is 17.9 Å². The molecular formula is C70H118O6. The Bertz CT molecular complexity index is 1540. The molecule has 0 saturated heterocycles. The Kier molecular flexibility index (Phi) is 60.3. The summed E-state index contributed by atoms with van der Waals surface area (Å²) < 4.78 is 16.8. The molecule has 0 aromatic carbocycles. The van der Waals surface area contributed by atoms with Gasteiger partial charge in [-0.2, -0.15) is 0 Å². The second-order valence-electron chi connectivity index (χ2n) is 20.9. The number of rotatable bonds is 57. The van der Waals surface area contributed by atoms with Crippen LogP contribution in [0.4, 0.5) is 0 Å². The van der Waals surface area contributed by atoms with E-state index in [1.807, 2.05) is 0 Å². The van der Waals surface area contributed by atoms with Crippen LogP contribution in [0.3, 0.4) is 0 Å². The molecule has 0 aliphatic heterocycles. The quantitative estimate of drug-likeness (QED) is 0.0261. The van der Waals surface area contributed by atoms with E-state index in [9.17, 15) is 14.4 Å². The topological polar surface area (TPSA) is 78.9 Å². The van der Waals surface area contributed by atoms with Crippen molar-refractivity contribution in [1.29, 1.82) is 0 Å². The Morgan fingerprint density at radius 1 is 0.276 bits per heavy atom. The number of ether oxygens (including phenoxy) is 3. The van der Waals surface area contributed by atoms with Crippen LogP contribution in [0, 0.1) is 0 Å². The zero-order chi connectivity index (χ0) is 55.0. The fourth-order valence-electron chi connectivity index (χ4n) is 8.81. The average molecular weight is 1060 g/mol. The van der Waals surface area contributed by atoms with Gasteiger partial charge in [-0.1, -0.05) is 284 Å². The highest BCUT2D eigenvalue weighted by molar-refractivity contribution is 5.71. The lowest BCUT2D eigenvalue weighted by molar-refractivity contribution is -0.167.